The number of nitrogens with zero attached hydrogens (tertiary/aromatic N) is 1. The van der Waals surface area contributed by atoms with E-state index in [-0.39, 0.29) is 38.8 Å². The highest BCUT2D eigenvalue weighted by Crippen LogP contribution is 2.38. The standard InChI is InChI=1S/C23H19BrF3N3O3S/c1-2-33-15-6-3-13(4-7-15)16-10-20(31)30-22(17(16)11-28)34-12-21(32)29-19-8-5-14(24)9-18(19)23(25,26)27/h3-9,16H,2,10,12H2,1H3,(H,29,32)(H,30,31)/t16-/m0/s1. The minimum atomic E-state index is -4.65. The lowest BCUT2D eigenvalue weighted by molar-refractivity contribution is -0.137. The van der Waals surface area contributed by atoms with Crippen LogP contribution in [-0.2, 0) is 15.8 Å². The van der Waals surface area contributed by atoms with Crippen molar-refractivity contribution in [3.8, 4) is 11.8 Å². The van der Waals surface area contributed by atoms with Gasteiger partial charge in [-0.2, -0.15) is 18.4 Å². The third-order valence-electron chi connectivity index (χ3n) is 4.86. The topological polar surface area (TPSA) is 91.2 Å². The van der Waals surface area contributed by atoms with Gasteiger partial charge in [0.15, 0.2) is 0 Å². The van der Waals surface area contributed by atoms with Crippen molar-refractivity contribution in [1.29, 1.82) is 5.26 Å². The number of alkyl halides is 3. The smallest absolute Gasteiger partial charge is 0.418 e. The van der Waals surface area contributed by atoms with Crippen LogP contribution in [0.1, 0.15) is 30.4 Å². The Morgan fingerprint density at radius 3 is 2.62 bits per heavy atom. The third kappa shape index (κ3) is 6.33. The van der Waals surface area contributed by atoms with Gasteiger partial charge in [-0.1, -0.05) is 39.8 Å². The molecule has 11 heteroatoms. The summed E-state index contributed by atoms with van der Waals surface area (Å²) >= 11 is 3.88. The summed E-state index contributed by atoms with van der Waals surface area (Å²) in [5.74, 6) is -1.19. The number of nitriles is 1. The van der Waals surface area contributed by atoms with E-state index >= 15 is 0 Å². The summed E-state index contributed by atoms with van der Waals surface area (Å²) in [4.78, 5) is 24.7. The molecule has 0 aromatic heterocycles. The summed E-state index contributed by atoms with van der Waals surface area (Å²) in [6.07, 6.45) is -4.60. The molecule has 0 spiro atoms. The van der Waals surface area contributed by atoms with Crippen LogP contribution in [0.4, 0.5) is 18.9 Å². The van der Waals surface area contributed by atoms with Gasteiger partial charge in [0.2, 0.25) is 11.8 Å². The SMILES string of the molecule is CCOc1ccc([C@@H]2CC(=O)NC(SCC(=O)Nc3ccc(Br)cc3C(F)(F)F)=C2C#N)cc1. The summed E-state index contributed by atoms with van der Waals surface area (Å²) < 4.78 is 45.5. The fraction of sp³-hybridized carbons (Fsp3) is 0.261. The fourth-order valence-electron chi connectivity index (χ4n) is 3.36. The van der Waals surface area contributed by atoms with Gasteiger partial charge < -0.3 is 15.4 Å². The van der Waals surface area contributed by atoms with Gasteiger partial charge in [-0.05, 0) is 42.8 Å². The van der Waals surface area contributed by atoms with E-state index in [4.69, 9.17) is 4.74 Å². The Morgan fingerprint density at radius 1 is 1.29 bits per heavy atom. The second kappa shape index (κ2) is 11.0. The summed E-state index contributed by atoms with van der Waals surface area (Å²) in [7, 11) is 0. The molecule has 1 atom stereocenters. The average molecular weight is 554 g/mol. The third-order valence-corrected chi connectivity index (χ3v) is 6.37. The molecule has 2 N–H and O–H groups in total. The number of thioether (sulfide) groups is 1. The van der Waals surface area contributed by atoms with Gasteiger partial charge in [0, 0.05) is 16.8 Å². The average Bonchev–Trinajstić information content (AvgIpc) is 2.78. The Hall–Kier alpha value is -2.97. The molecule has 0 radical (unpaired) electrons. The first-order valence-electron chi connectivity index (χ1n) is 10.1. The van der Waals surface area contributed by atoms with Crippen LogP contribution >= 0.6 is 27.7 Å². The zero-order valence-corrected chi connectivity index (χ0v) is 20.2. The number of amides is 2. The minimum absolute atomic E-state index is 0.0565. The molecule has 0 unspecified atom stereocenters. The maximum atomic E-state index is 13.3. The number of nitrogens with one attached hydrogen (secondary N) is 2. The lowest BCUT2D eigenvalue weighted by Crippen LogP contribution is -2.31. The minimum Gasteiger partial charge on any atom is -0.494 e. The first kappa shape index (κ1) is 25.6. The van der Waals surface area contributed by atoms with Crippen molar-refractivity contribution in [3.05, 3.63) is 68.7 Å². The van der Waals surface area contributed by atoms with E-state index in [1.165, 1.54) is 6.07 Å². The summed E-state index contributed by atoms with van der Waals surface area (Å²) in [5.41, 5.74) is -0.349. The number of ether oxygens (including phenoxy) is 1. The quantitative estimate of drug-likeness (QED) is 0.467. The Balaban J connectivity index is 1.77. The van der Waals surface area contributed by atoms with Gasteiger partial charge in [0.25, 0.3) is 0 Å². The molecule has 1 aliphatic rings. The Morgan fingerprint density at radius 2 is 2.00 bits per heavy atom. The lowest BCUT2D eigenvalue weighted by Gasteiger charge is -2.25. The number of carbonyl (C=O) groups excluding carboxylic acids is 2. The molecule has 1 aliphatic heterocycles. The van der Waals surface area contributed by atoms with Crippen LogP contribution in [-0.4, -0.2) is 24.2 Å². The largest absolute Gasteiger partial charge is 0.494 e. The number of hydrogen-bond acceptors (Lipinski definition) is 5. The number of carbonyl (C=O) groups is 2. The van der Waals surface area contributed by atoms with E-state index < -0.39 is 23.6 Å². The van der Waals surface area contributed by atoms with E-state index in [1.54, 1.807) is 24.3 Å². The lowest BCUT2D eigenvalue weighted by atomic mass is 9.87. The molecule has 2 aromatic rings. The van der Waals surface area contributed by atoms with Crippen molar-refractivity contribution < 1.29 is 27.5 Å². The van der Waals surface area contributed by atoms with Crippen LogP contribution < -0.4 is 15.4 Å². The number of halogens is 4. The van der Waals surface area contributed by atoms with Gasteiger partial charge in [-0.15, -0.1) is 0 Å². The molecular weight excluding hydrogens is 535 g/mol. The van der Waals surface area contributed by atoms with Crippen molar-refractivity contribution in [2.75, 3.05) is 17.7 Å². The van der Waals surface area contributed by atoms with E-state index in [0.29, 0.717) is 12.4 Å². The molecular formula is C23H19BrF3N3O3S. The Bertz CT molecular complexity index is 1160. The van der Waals surface area contributed by atoms with Crippen molar-refractivity contribution in [2.24, 2.45) is 0 Å². The highest BCUT2D eigenvalue weighted by atomic mass is 79.9. The maximum Gasteiger partial charge on any atom is 0.418 e. The molecule has 1 heterocycles. The predicted molar refractivity (Wildman–Crippen MR) is 126 cm³/mol. The molecule has 0 saturated heterocycles. The molecule has 2 aromatic carbocycles. The van der Waals surface area contributed by atoms with E-state index in [2.05, 4.69) is 32.6 Å². The number of rotatable bonds is 7. The summed E-state index contributed by atoms with van der Waals surface area (Å²) in [6.45, 7) is 2.36. The van der Waals surface area contributed by atoms with Gasteiger partial charge >= 0.3 is 6.18 Å². The van der Waals surface area contributed by atoms with Crippen molar-refractivity contribution in [2.45, 2.75) is 25.4 Å². The first-order valence-corrected chi connectivity index (χ1v) is 11.9. The molecule has 2 amide bonds. The van der Waals surface area contributed by atoms with Gasteiger partial charge in [-0.25, -0.2) is 0 Å². The predicted octanol–water partition coefficient (Wildman–Crippen LogP) is 5.58. The van der Waals surface area contributed by atoms with Crippen molar-refractivity contribution in [3.63, 3.8) is 0 Å². The van der Waals surface area contributed by atoms with Crippen LogP contribution in [0.5, 0.6) is 5.75 Å². The highest BCUT2D eigenvalue weighted by molar-refractivity contribution is 9.10. The van der Waals surface area contributed by atoms with Crippen LogP contribution in [0.25, 0.3) is 0 Å². The number of allylic oxidation sites excluding steroid dienone is 1. The second-order valence-electron chi connectivity index (χ2n) is 7.19. The molecule has 0 saturated carbocycles. The molecule has 6 nitrogen and oxygen atoms in total. The summed E-state index contributed by atoms with van der Waals surface area (Å²) in [5, 5.41) is 14.8. The number of benzene rings is 2. The summed E-state index contributed by atoms with van der Waals surface area (Å²) in [6, 6.07) is 12.5. The van der Waals surface area contributed by atoms with Crippen LogP contribution in [0.2, 0.25) is 0 Å². The van der Waals surface area contributed by atoms with Crippen LogP contribution in [0.15, 0.2) is 57.5 Å². The van der Waals surface area contributed by atoms with Gasteiger partial charge in [-0.3, -0.25) is 9.59 Å². The molecule has 0 aliphatic carbocycles. The van der Waals surface area contributed by atoms with Gasteiger partial charge in [0.1, 0.15) is 5.75 Å². The van der Waals surface area contributed by atoms with Crippen molar-refractivity contribution in [1.82, 2.24) is 5.32 Å². The van der Waals surface area contributed by atoms with Crippen LogP contribution in [0, 0.1) is 11.3 Å². The highest BCUT2D eigenvalue weighted by Gasteiger charge is 2.34. The number of anilines is 1. The Kier molecular flexibility index (Phi) is 8.28. The van der Waals surface area contributed by atoms with Crippen molar-refractivity contribution >= 4 is 45.2 Å². The van der Waals surface area contributed by atoms with Crippen LogP contribution in [0.3, 0.4) is 0 Å². The molecule has 178 valence electrons. The molecule has 3 rings (SSSR count). The monoisotopic (exact) mass is 553 g/mol. The fourth-order valence-corrected chi connectivity index (χ4v) is 4.60. The maximum absolute atomic E-state index is 13.3. The van der Waals surface area contributed by atoms with Gasteiger partial charge in [0.05, 0.1) is 40.3 Å². The first-order chi connectivity index (χ1) is 16.1. The second-order valence-corrected chi connectivity index (χ2v) is 9.09. The van der Waals surface area contributed by atoms with E-state index in [9.17, 15) is 28.0 Å². The molecule has 0 fully saturated rings. The zero-order valence-electron chi connectivity index (χ0n) is 17.8. The zero-order chi connectivity index (χ0) is 24.9. The normalized spacial score (nSPS) is 16.0. The molecule has 34 heavy (non-hydrogen) atoms. The van der Waals surface area contributed by atoms with E-state index in [1.807, 2.05) is 6.92 Å². The number of hydrogen-bond donors (Lipinski definition) is 2. The Labute approximate surface area is 206 Å². The van der Waals surface area contributed by atoms with E-state index in [0.717, 1.165) is 29.5 Å². The molecule has 0 bridgehead atoms.